The van der Waals surface area contributed by atoms with Crippen molar-refractivity contribution in [3.05, 3.63) is 34.2 Å². The molecule has 1 fully saturated rings. The first kappa shape index (κ1) is 19.5. The van der Waals surface area contributed by atoms with Crippen LogP contribution >= 0.6 is 11.3 Å². The number of thiazole rings is 1. The summed E-state index contributed by atoms with van der Waals surface area (Å²) in [4.78, 5) is 30.0. The summed E-state index contributed by atoms with van der Waals surface area (Å²) in [5.74, 6) is -1.32. The molecule has 2 aromatic rings. The van der Waals surface area contributed by atoms with Gasteiger partial charge in [-0.2, -0.15) is 0 Å². The third-order valence-corrected chi connectivity index (χ3v) is 5.85. The third kappa shape index (κ3) is 4.73. The predicted molar refractivity (Wildman–Crippen MR) is 107 cm³/mol. The lowest BCUT2D eigenvalue weighted by Gasteiger charge is -2.29. The number of anilines is 1. The molecule has 1 unspecified atom stereocenters. The highest BCUT2D eigenvalue weighted by Gasteiger charge is 2.26. The Hall–Kier alpha value is -2.25. The number of amides is 1. The van der Waals surface area contributed by atoms with Gasteiger partial charge >= 0.3 is 5.97 Å². The van der Waals surface area contributed by atoms with Crippen LogP contribution in [0.3, 0.4) is 0 Å². The van der Waals surface area contributed by atoms with Gasteiger partial charge in [0.1, 0.15) is 0 Å². The number of rotatable bonds is 5. The van der Waals surface area contributed by atoms with E-state index in [2.05, 4.69) is 43.2 Å². The second-order valence-electron chi connectivity index (χ2n) is 7.25. The predicted octanol–water partition coefficient (Wildman–Crippen LogP) is 3.47. The number of hydrogen-bond donors (Lipinski definition) is 2. The highest BCUT2D eigenvalue weighted by molar-refractivity contribution is 7.14. The second-order valence-corrected chi connectivity index (χ2v) is 8.11. The smallest absolute Gasteiger partial charge is 0.307 e. The highest BCUT2D eigenvalue weighted by atomic mass is 32.1. The Morgan fingerprint density at radius 3 is 2.74 bits per heavy atom. The summed E-state index contributed by atoms with van der Waals surface area (Å²) in [5, 5.41) is 14.5. The van der Waals surface area contributed by atoms with Crippen LogP contribution in [0.25, 0.3) is 11.3 Å². The molecule has 1 saturated heterocycles. The van der Waals surface area contributed by atoms with Crippen LogP contribution in [0.2, 0.25) is 0 Å². The van der Waals surface area contributed by atoms with Crippen molar-refractivity contribution < 1.29 is 14.7 Å². The average molecular weight is 388 g/mol. The molecular weight excluding hydrogens is 362 g/mol. The van der Waals surface area contributed by atoms with Gasteiger partial charge in [0.05, 0.1) is 18.2 Å². The minimum atomic E-state index is -0.784. The molecular formula is C20H25N3O3S. The van der Waals surface area contributed by atoms with Gasteiger partial charge in [0.25, 0.3) is 0 Å². The van der Waals surface area contributed by atoms with Gasteiger partial charge in [-0.25, -0.2) is 4.98 Å². The molecule has 0 radical (unpaired) electrons. The molecule has 1 aliphatic rings. The molecule has 3 rings (SSSR count). The lowest BCUT2D eigenvalue weighted by molar-refractivity contribution is -0.144. The number of carboxylic acids is 1. The quantitative estimate of drug-likeness (QED) is 0.821. The summed E-state index contributed by atoms with van der Waals surface area (Å²) in [6, 6.07) is 4.28. The fraction of sp³-hybridized carbons (Fsp3) is 0.450. The van der Waals surface area contributed by atoms with Crippen LogP contribution in [0, 0.1) is 26.7 Å². The number of piperidine rings is 1. The maximum Gasteiger partial charge on any atom is 0.307 e. The Morgan fingerprint density at radius 2 is 2.00 bits per heavy atom. The van der Waals surface area contributed by atoms with E-state index < -0.39 is 5.97 Å². The Labute approximate surface area is 163 Å². The molecule has 0 aliphatic carbocycles. The van der Waals surface area contributed by atoms with Crippen molar-refractivity contribution in [1.29, 1.82) is 0 Å². The molecule has 0 bridgehead atoms. The number of nitrogens with zero attached hydrogens (tertiary/aromatic N) is 2. The first-order valence-electron chi connectivity index (χ1n) is 9.12. The van der Waals surface area contributed by atoms with Crippen LogP contribution < -0.4 is 5.32 Å². The van der Waals surface area contributed by atoms with Crippen LogP contribution in [0.5, 0.6) is 0 Å². The topological polar surface area (TPSA) is 82.5 Å². The van der Waals surface area contributed by atoms with Gasteiger partial charge in [-0.3, -0.25) is 14.5 Å². The van der Waals surface area contributed by atoms with Gasteiger partial charge in [0, 0.05) is 17.5 Å². The molecule has 0 saturated carbocycles. The zero-order valence-corrected chi connectivity index (χ0v) is 16.7. The van der Waals surface area contributed by atoms with E-state index in [1.165, 1.54) is 22.5 Å². The number of carbonyl (C=O) groups excluding carboxylic acids is 1. The molecule has 1 amide bonds. The van der Waals surface area contributed by atoms with Crippen LogP contribution in [0.4, 0.5) is 5.13 Å². The number of carbonyl (C=O) groups is 2. The number of carboxylic acid groups (broad SMARTS) is 1. The first-order valence-corrected chi connectivity index (χ1v) is 10.00. The van der Waals surface area contributed by atoms with E-state index in [9.17, 15) is 9.59 Å². The van der Waals surface area contributed by atoms with Crippen molar-refractivity contribution in [1.82, 2.24) is 9.88 Å². The van der Waals surface area contributed by atoms with Gasteiger partial charge < -0.3 is 10.4 Å². The Morgan fingerprint density at radius 1 is 1.26 bits per heavy atom. The van der Waals surface area contributed by atoms with Crippen LogP contribution in [-0.2, 0) is 9.59 Å². The summed E-state index contributed by atoms with van der Waals surface area (Å²) >= 11 is 1.40. The van der Waals surface area contributed by atoms with Crippen molar-refractivity contribution in [3.8, 4) is 11.3 Å². The fourth-order valence-corrected chi connectivity index (χ4v) is 4.18. The molecule has 2 heterocycles. The highest BCUT2D eigenvalue weighted by Crippen LogP contribution is 2.29. The van der Waals surface area contributed by atoms with E-state index in [0.29, 0.717) is 18.1 Å². The molecule has 2 N–H and O–H groups in total. The van der Waals surface area contributed by atoms with Crippen molar-refractivity contribution in [2.75, 3.05) is 25.0 Å². The molecule has 1 aromatic carbocycles. The number of nitrogens with one attached hydrogen (secondary N) is 1. The van der Waals surface area contributed by atoms with Gasteiger partial charge in [-0.15, -0.1) is 11.3 Å². The zero-order valence-electron chi connectivity index (χ0n) is 15.9. The number of hydrogen-bond acceptors (Lipinski definition) is 5. The van der Waals surface area contributed by atoms with E-state index in [0.717, 1.165) is 29.8 Å². The number of aryl methyl sites for hydroxylation is 3. The molecule has 1 atom stereocenters. The Bertz CT molecular complexity index is 862. The van der Waals surface area contributed by atoms with Crippen molar-refractivity contribution in [2.24, 2.45) is 5.92 Å². The van der Waals surface area contributed by atoms with Crippen LogP contribution in [0.15, 0.2) is 17.5 Å². The van der Waals surface area contributed by atoms with Gasteiger partial charge in [0.15, 0.2) is 5.13 Å². The Balaban J connectivity index is 1.63. The summed E-state index contributed by atoms with van der Waals surface area (Å²) in [5.41, 5.74) is 5.57. The maximum absolute atomic E-state index is 12.3. The molecule has 1 aromatic heterocycles. The molecule has 144 valence electrons. The van der Waals surface area contributed by atoms with E-state index in [1.807, 2.05) is 10.3 Å². The van der Waals surface area contributed by atoms with Crippen molar-refractivity contribution in [3.63, 3.8) is 0 Å². The summed E-state index contributed by atoms with van der Waals surface area (Å²) < 4.78 is 0. The maximum atomic E-state index is 12.3. The van der Waals surface area contributed by atoms with E-state index >= 15 is 0 Å². The van der Waals surface area contributed by atoms with Gasteiger partial charge in [0.2, 0.25) is 5.91 Å². The number of benzene rings is 1. The standard InChI is InChI=1S/C20H25N3O3S/c1-12-7-14(3)16(8-13(12)2)17-11-27-20(21-17)22-18(24)10-23-6-4-5-15(9-23)19(25)26/h7-8,11,15H,4-6,9-10H2,1-3H3,(H,25,26)(H,21,22,24). The average Bonchev–Trinajstić information content (AvgIpc) is 3.06. The fourth-order valence-electron chi connectivity index (χ4n) is 3.45. The molecule has 6 nitrogen and oxygen atoms in total. The molecule has 27 heavy (non-hydrogen) atoms. The summed E-state index contributed by atoms with van der Waals surface area (Å²) in [6.07, 6.45) is 1.48. The molecule has 1 aliphatic heterocycles. The number of likely N-dealkylation sites (tertiary alicyclic amines) is 1. The van der Waals surface area contributed by atoms with E-state index in [-0.39, 0.29) is 18.4 Å². The summed E-state index contributed by atoms with van der Waals surface area (Å²) in [6.45, 7) is 7.61. The van der Waals surface area contributed by atoms with Crippen molar-refractivity contribution in [2.45, 2.75) is 33.6 Å². The lowest BCUT2D eigenvalue weighted by Crippen LogP contribution is -2.42. The second kappa shape index (κ2) is 8.19. The van der Waals surface area contributed by atoms with E-state index in [4.69, 9.17) is 5.11 Å². The minimum absolute atomic E-state index is 0.154. The lowest BCUT2D eigenvalue weighted by atomic mass is 9.98. The Kier molecular flexibility index (Phi) is 5.92. The van der Waals surface area contributed by atoms with Crippen LogP contribution in [-0.4, -0.2) is 46.5 Å². The van der Waals surface area contributed by atoms with Crippen molar-refractivity contribution >= 4 is 28.3 Å². The normalized spacial score (nSPS) is 17.7. The molecule has 0 spiro atoms. The zero-order chi connectivity index (χ0) is 19.6. The van der Waals surface area contributed by atoms with E-state index in [1.54, 1.807) is 0 Å². The number of aliphatic carboxylic acids is 1. The third-order valence-electron chi connectivity index (χ3n) is 5.09. The van der Waals surface area contributed by atoms with Gasteiger partial charge in [-0.1, -0.05) is 6.07 Å². The van der Waals surface area contributed by atoms with Crippen LogP contribution in [0.1, 0.15) is 29.5 Å². The SMILES string of the molecule is Cc1cc(C)c(-c2csc(NC(=O)CN3CCCC(C(=O)O)C3)n2)cc1C. The molecule has 7 heteroatoms. The summed E-state index contributed by atoms with van der Waals surface area (Å²) in [7, 11) is 0. The number of aromatic nitrogens is 1. The first-order chi connectivity index (χ1) is 12.8. The minimum Gasteiger partial charge on any atom is -0.481 e. The monoisotopic (exact) mass is 387 g/mol. The largest absolute Gasteiger partial charge is 0.481 e. The van der Waals surface area contributed by atoms with Gasteiger partial charge in [-0.05, 0) is 62.9 Å².